The zero-order chi connectivity index (χ0) is 16.8. The first kappa shape index (κ1) is 16.2. The number of anilines is 1. The number of aromatic nitrogens is 4. The van der Waals surface area contributed by atoms with Crippen LogP contribution in [0.25, 0.3) is 0 Å². The summed E-state index contributed by atoms with van der Waals surface area (Å²) in [6.07, 6.45) is 5.10. The topological polar surface area (TPSA) is 104 Å². The van der Waals surface area contributed by atoms with E-state index >= 15 is 0 Å². The van der Waals surface area contributed by atoms with E-state index in [-0.39, 0.29) is 30.5 Å². The van der Waals surface area contributed by atoms with Gasteiger partial charge in [0.05, 0.1) is 17.9 Å². The second-order valence-electron chi connectivity index (χ2n) is 5.22. The lowest BCUT2D eigenvalue weighted by atomic mass is 10.2. The molecule has 2 amide bonds. The van der Waals surface area contributed by atoms with Crippen LogP contribution in [0.1, 0.15) is 16.9 Å². The fraction of sp³-hybridized carbons (Fsp3) is 0.429. The average molecular weight is 347 g/mol. The lowest BCUT2D eigenvalue weighted by molar-refractivity contribution is -0.131. The van der Waals surface area contributed by atoms with Crippen LogP contribution in [0, 0.1) is 0 Å². The zero-order valence-corrected chi connectivity index (χ0v) is 13.8. The summed E-state index contributed by atoms with van der Waals surface area (Å²) < 4.78 is 7.62. The molecule has 0 saturated carbocycles. The van der Waals surface area contributed by atoms with Gasteiger partial charge in [-0.3, -0.25) is 9.59 Å². The number of amides is 2. The molecule has 0 unspecified atom stereocenters. The van der Waals surface area contributed by atoms with E-state index in [9.17, 15) is 9.59 Å². The van der Waals surface area contributed by atoms with Crippen LogP contribution < -0.4 is 10.2 Å². The van der Waals surface area contributed by atoms with Crippen LogP contribution in [0.5, 0.6) is 0 Å². The summed E-state index contributed by atoms with van der Waals surface area (Å²) in [5.41, 5.74) is 0.281. The first-order chi connectivity index (χ1) is 11.7. The van der Waals surface area contributed by atoms with Crippen molar-refractivity contribution in [3.05, 3.63) is 30.4 Å². The van der Waals surface area contributed by atoms with Crippen molar-refractivity contribution >= 4 is 29.5 Å². The van der Waals surface area contributed by atoms with Crippen LogP contribution in [0.15, 0.2) is 24.7 Å². The van der Waals surface area contributed by atoms with Crippen molar-refractivity contribution in [2.24, 2.45) is 0 Å². The molecule has 1 N–H and O–H groups in total. The number of rotatable bonds is 5. The van der Waals surface area contributed by atoms with Gasteiger partial charge in [-0.1, -0.05) is 0 Å². The van der Waals surface area contributed by atoms with Gasteiger partial charge in [0.1, 0.15) is 0 Å². The van der Waals surface area contributed by atoms with Gasteiger partial charge in [-0.15, -0.1) is 0 Å². The third kappa shape index (κ3) is 4.02. The molecule has 126 valence electrons. The Morgan fingerprint density at radius 3 is 2.58 bits per heavy atom. The summed E-state index contributed by atoms with van der Waals surface area (Å²) in [6, 6.07) is 1.78. The Hall–Kier alpha value is -2.62. The van der Waals surface area contributed by atoms with Gasteiger partial charge in [0.25, 0.3) is 5.91 Å². The Morgan fingerprint density at radius 1 is 1.17 bits per heavy atom. The predicted molar refractivity (Wildman–Crippen MR) is 87.7 cm³/mol. The molecule has 3 heterocycles. The Labute approximate surface area is 143 Å². The Bertz CT molecular complexity index is 672. The minimum Gasteiger partial charge on any atom is -0.350 e. The van der Waals surface area contributed by atoms with Crippen molar-refractivity contribution in [1.82, 2.24) is 28.9 Å². The van der Waals surface area contributed by atoms with E-state index in [1.165, 1.54) is 6.20 Å². The van der Waals surface area contributed by atoms with E-state index in [2.05, 4.69) is 28.9 Å². The van der Waals surface area contributed by atoms with Crippen LogP contribution in [0.3, 0.4) is 0 Å². The highest BCUT2D eigenvalue weighted by atomic mass is 32.1. The SMILES string of the molecule is O=C(NCCC(=O)N1CCN(c2ncccn2)CC1)c1cnsn1. The average Bonchev–Trinajstić information content (AvgIpc) is 3.17. The Balaban J connectivity index is 1.40. The lowest BCUT2D eigenvalue weighted by Gasteiger charge is -2.34. The van der Waals surface area contributed by atoms with Crippen LogP contribution >= 0.6 is 11.7 Å². The summed E-state index contributed by atoms with van der Waals surface area (Å²) >= 11 is 0.978. The largest absolute Gasteiger partial charge is 0.350 e. The third-order valence-electron chi connectivity index (χ3n) is 3.69. The van der Waals surface area contributed by atoms with Crippen molar-refractivity contribution in [3.8, 4) is 0 Å². The van der Waals surface area contributed by atoms with Crippen LogP contribution in [-0.2, 0) is 4.79 Å². The number of hydrogen-bond acceptors (Lipinski definition) is 8. The molecule has 1 aliphatic heterocycles. The monoisotopic (exact) mass is 347 g/mol. The molecule has 0 bridgehead atoms. The van der Waals surface area contributed by atoms with Crippen LogP contribution in [0.4, 0.5) is 5.95 Å². The van der Waals surface area contributed by atoms with Crippen molar-refractivity contribution in [3.63, 3.8) is 0 Å². The fourth-order valence-electron chi connectivity index (χ4n) is 2.41. The van der Waals surface area contributed by atoms with Crippen molar-refractivity contribution < 1.29 is 9.59 Å². The molecule has 0 radical (unpaired) electrons. The maximum absolute atomic E-state index is 12.2. The van der Waals surface area contributed by atoms with E-state index in [0.717, 1.165) is 11.7 Å². The van der Waals surface area contributed by atoms with E-state index < -0.39 is 0 Å². The normalized spacial score (nSPS) is 14.5. The van der Waals surface area contributed by atoms with Gasteiger partial charge in [0.15, 0.2) is 5.69 Å². The molecule has 0 aromatic carbocycles. The molecular weight excluding hydrogens is 330 g/mol. The van der Waals surface area contributed by atoms with Gasteiger partial charge in [-0.05, 0) is 6.07 Å². The summed E-state index contributed by atoms with van der Waals surface area (Å²) in [7, 11) is 0. The number of nitrogens with zero attached hydrogens (tertiary/aromatic N) is 6. The zero-order valence-electron chi connectivity index (χ0n) is 13.0. The molecule has 2 aromatic rings. The fourth-order valence-corrected chi connectivity index (χ4v) is 2.82. The third-order valence-corrected chi connectivity index (χ3v) is 4.16. The van der Waals surface area contributed by atoms with Gasteiger partial charge in [0, 0.05) is 51.5 Å². The van der Waals surface area contributed by atoms with Crippen LogP contribution in [0.2, 0.25) is 0 Å². The predicted octanol–water partition coefficient (Wildman–Crippen LogP) is -0.203. The molecule has 0 atom stereocenters. The number of piperazine rings is 1. The summed E-state index contributed by atoms with van der Waals surface area (Å²) in [5.74, 6) is 0.414. The smallest absolute Gasteiger partial charge is 0.272 e. The van der Waals surface area contributed by atoms with Crippen molar-refractivity contribution in [2.75, 3.05) is 37.6 Å². The first-order valence-electron chi connectivity index (χ1n) is 7.59. The molecular formula is C14H17N7O2S. The van der Waals surface area contributed by atoms with Gasteiger partial charge in [0.2, 0.25) is 11.9 Å². The van der Waals surface area contributed by atoms with Crippen LogP contribution in [-0.4, -0.2) is 68.2 Å². The molecule has 10 heteroatoms. The maximum atomic E-state index is 12.2. The van der Waals surface area contributed by atoms with E-state index in [1.807, 2.05) is 0 Å². The summed E-state index contributed by atoms with van der Waals surface area (Å²) in [4.78, 5) is 36.2. The second-order valence-corrected chi connectivity index (χ2v) is 5.77. The number of hydrogen-bond donors (Lipinski definition) is 1. The van der Waals surface area contributed by atoms with E-state index in [0.29, 0.717) is 32.1 Å². The minimum atomic E-state index is -0.303. The quantitative estimate of drug-likeness (QED) is 0.798. The highest BCUT2D eigenvalue weighted by Gasteiger charge is 2.22. The molecule has 3 rings (SSSR count). The molecule has 1 fully saturated rings. The molecule has 0 spiro atoms. The maximum Gasteiger partial charge on any atom is 0.272 e. The standard InChI is InChI=1S/C14H17N7O2S/c22-12(2-5-15-13(23)11-10-18-24-19-11)20-6-8-21(9-7-20)14-16-3-1-4-17-14/h1,3-4,10H,2,5-9H2,(H,15,23). The molecule has 2 aromatic heterocycles. The summed E-state index contributed by atoms with van der Waals surface area (Å²) in [5, 5.41) is 2.68. The first-order valence-corrected chi connectivity index (χ1v) is 8.32. The van der Waals surface area contributed by atoms with E-state index in [1.54, 1.807) is 23.4 Å². The minimum absolute atomic E-state index is 0.0281. The highest BCUT2D eigenvalue weighted by Crippen LogP contribution is 2.10. The number of nitrogens with one attached hydrogen (secondary N) is 1. The Kier molecular flexibility index (Phi) is 5.26. The molecule has 1 aliphatic rings. The van der Waals surface area contributed by atoms with Crippen molar-refractivity contribution in [1.29, 1.82) is 0 Å². The van der Waals surface area contributed by atoms with Gasteiger partial charge in [-0.25, -0.2) is 9.97 Å². The summed E-state index contributed by atoms with van der Waals surface area (Å²) in [6.45, 7) is 2.94. The number of carbonyl (C=O) groups excluding carboxylic acids is 2. The van der Waals surface area contributed by atoms with Gasteiger partial charge < -0.3 is 15.1 Å². The van der Waals surface area contributed by atoms with Gasteiger partial charge in [-0.2, -0.15) is 8.75 Å². The Morgan fingerprint density at radius 2 is 1.92 bits per heavy atom. The second kappa shape index (κ2) is 7.77. The molecule has 1 saturated heterocycles. The molecule has 0 aliphatic carbocycles. The molecule has 24 heavy (non-hydrogen) atoms. The van der Waals surface area contributed by atoms with Gasteiger partial charge >= 0.3 is 0 Å². The van der Waals surface area contributed by atoms with E-state index in [4.69, 9.17) is 0 Å². The lowest BCUT2D eigenvalue weighted by Crippen LogP contribution is -2.49. The highest BCUT2D eigenvalue weighted by molar-refractivity contribution is 6.99. The van der Waals surface area contributed by atoms with Crippen molar-refractivity contribution in [2.45, 2.75) is 6.42 Å². The number of carbonyl (C=O) groups is 2. The molecule has 9 nitrogen and oxygen atoms in total.